The summed E-state index contributed by atoms with van der Waals surface area (Å²) in [6.07, 6.45) is 0. The molecule has 0 saturated heterocycles. The van der Waals surface area contributed by atoms with Crippen molar-refractivity contribution in [3.8, 4) is 0 Å². The number of aryl methyl sites for hydroxylation is 1. The smallest absolute Gasteiger partial charge is 0.423 e. The van der Waals surface area contributed by atoms with E-state index in [2.05, 4.69) is 0 Å². The molecular weight excluding hydrogens is 310 g/mol. The molecule has 0 radical (unpaired) electrons. The van der Waals surface area contributed by atoms with Crippen LogP contribution in [0, 0.1) is 6.92 Å². The van der Waals surface area contributed by atoms with Gasteiger partial charge in [0.15, 0.2) is 0 Å². The highest BCUT2D eigenvalue weighted by Crippen LogP contribution is 1.98. The molecule has 0 amide bonds. The average Bonchev–Trinajstić information content (AvgIpc) is 2.58. The molecule has 4 N–H and O–H groups in total. The van der Waals surface area contributed by atoms with Crippen LogP contribution >= 0.6 is 0 Å². The van der Waals surface area contributed by atoms with Gasteiger partial charge >= 0.3 is 14.2 Å². The normalized spacial score (nSPS) is 9.08. The first-order valence-electron chi connectivity index (χ1n) is 7.09. The molecule has 0 saturated carbocycles. The molecule has 2 aromatic carbocycles. The van der Waals surface area contributed by atoms with E-state index >= 15 is 0 Å². The molecule has 8 heteroatoms. The van der Waals surface area contributed by atoms with Crippen LogP contribution in [0.25, 0.3) is 0 Å². The largest absolute Gasteiger partial charge is 0.488 e. The van der Waals surface area contributed by atoms with Gasteiger partial charge in [0.05, 0.1) is 6.61 Å². The lowest BCUT2D eigenvalue weighted by atomic mass is 9.80. The van der Waals surface area contributed by atoms with Gasteiger partial charge in [0, 0.05) is 7.11 Å². The number of hydrogen-bond donors (Lipinski definition) is 4. The molecule has 24 heavy (non-hydrogen) atoms. The Morgan fingerprint density at radius 2 is 1.42 bits per heavy atom. The van der Waals surface area contributed by atoms with Crippen molar-refractivity contribution < 1.29 is 29.6 Å². The molecule has 2 aromatic rings. The Morgan fingerprint density at radius 1 is 0.917 bits per heavy atom. The van der Waals surface area contributed by atoms with E-state index in [1.165, 1.54) is 0 Å². The van der Waals surface area contributed by atoms with Crippen molar-refractivity contribution in [3.05, 3.63) is 59.7 Å². The first-order chi connectivity index (χ1) is 11.4. The van der Waals surface area contributed by atoms with Crippen molar-refractivity contribution in [2.75, 3.05) is 7.11 Å². The summed E-state index contributed by atoms with van der Waals surface area (Å²) in [5.74, 6) is 0. The van der Waals surface area contributed by atoms with E-state index in [-0.39, 0.29) is 0 Å². The maximum absolute atomic E-state index is 8.83. The molecule has 128 valence electrons. The van der Waals surface area contributed by atoms with Crippen LogP contribution in [0.2, 0.25) is 0 Å². The van der Waals surface area contributed by atoms with Gasteiger partial charge in [-0.2, -0.15) is 0 Å². The highest BCUT2D eigenvalue weighted by atomic mass is 16.5. The van der Waals surface area contributed by atoms with Crippen molar-refractivity contribution >= 4 is 32.0 Å². The third-order valence-corrected chi connectivity index (χ3v) is 2.90. The fraction of sp³-hybridized carbons (Fsp3) is 0.188. The Hall–Kier alpha value is -1.96. The van der Waals surface area contributed by atoms with E-state index in [1.807, 2.05) is 25.8 Å². The van der Waals surface area contributed by atoms with Gasteiger partial charge in [0.25, 0.3) is 0 Å². The van der Waals surface area contributed by atoms with Crippen LogP contribution in [0.1, 0.15) is 11.1 Å². The highest BCUT2D eigenvalue weighted by molar-refractivity contribution is 6.58. The molecule has 0 aliphatic carbocycles. The Labute approximate surface area is 142 Å². The minimum atomic E-state index is -1.40. The monoisotopic (exact) mass is 332 g/mol. The van der Waals surface area contributed by atoms with E-state index in [0.717, 1.165) is 11.1 Å². The lowest BCUT2D eigenvalue weighted by molar-refractivity contribution is -0.0980. The van der Waals surface area contributed by atoms with E-state index in [9.17, 15) is 0 Å². The van der Waals surface area contributed by atoms with Crippen molar-refractivity contribution in [1.29, 1.82) is 0 Å². The molecule has 0 spiro atoms. The molecule has 0 aliphatic rings. The van der Waals surface area contributed by atoms with Crippen LogP contribution in [0.5, 0.6) is 0 Å². The topological polar surface area (TPSA) is 107 Å². The fourth-order valence-electron chi connectivity index (χ4n) is 1.84. The van der Waals surface area contributed by atoms with Crippen molar-refractivity contribution in [2.24, 2.45) is 0 Å². The van der Waals surface area contributed by atoms with E-state index in [1.54, 1.807) is 43.5 Å². The summed E-state index contributed by atoms with van der Waals surface area (Å²) in [4.78, 5) is 8.00. The number of methoxy groups -OCH3 is 1. The van der Waals surface area contributed by atoms with Gasteiger partial charge in [-0.3, -0.25) is 0 Å². The number of benzene rings is 2. The standard InChI is InChI=1S/C8H11BO3.C7H9BO2.CH2O/c1-12-6-7-3-2-4-8(5-7)9(10)11;1-6-3-2-4-7(5-6)8(9)10;1-2/h2-5,10-11H,6H2,1H3;2-5,9-10H,1H3;1H2. The lowest BCUT2D eigenvalue weighted by Gasteiger charge is -2.02. The summed E-state index contributed by atoms with van der Waals surface area (Å²) in [5.41, 5.74) is 3.00. The van der Waals surface area contributed by atoms with Gasteiger partial charge < -0.3 is 29.6 Å². The Bertz CT molecular complexity index is 592. The van der Waals surface area contributed by atoms with E-state index < -0.39 is 14.2 Å². The van der Waals surface area contributed by atoms with E-state index in [0.29, 0.717) is 17.5 Å². The quantitative estimate of drug-likeness (QED) is 0.535. The fourth-order valence-corrected chi connectivity index (χ4v) is 1.84. The Kier molecular flexibility index (Phi) is 11.4. The zero-order chi connectivity index (χ0) is 18.5. The second-order valence-electron chi connectivity index (χ2n) is 4.84. The predicted octanol–water partition coefficient (Wildman–Crippen LogP) is -0.997. The van der Waals surface area contributed by atoms with Crippen LogP contribution in [-0.4, -0.2) is 48.2 Å². The number of carbonyl (C=O) groups excluding carboxylic acids is 1. The molecule has 6 nitrogen and oxygen atoms in total. The maximum Gasteiger partial charge on any atom is 0.488 e. The lowest BCUT2D eigenvalue weighted by Crippen LogP contribution is -2.29. The number of ether oxygens (including phenoxy) is 1. The first-order valence-corrected chi connectivity index (χ1v) is 7.09. The molecule has 0 atom stereocenters. The van der Waals surface area contributed by atoms with Gasteiger partial charge in [-0.15, -0.1) is 0 Å². The van der Waals surface area contributed by atoms with Gasteiger partial charge in [0.2, 0.25) is 0 Å². The maximum atomic E-state index is 8.83. The molecule has 0 bridgehead atoms. The summed E-state index contributed by atoms with van der Waals surface area (Å²) < 4.78 is 4.90. The zero-order valence-corrected chi connectivity index (χ0v) is 13.8. The molecule has 0 fully saturated rings. The second-order valence-corrected chi connectivity index (χ2v) is 4.84. The Balaban J connectivity index is 0.000000405. The molecule has 0 unspecified atom stereocenters. The average molecular weight is 332 g/mol. The van der Waals surface area contributed by atoms with Gasteiger partial charge in [-0.25, -0.2) is 0 Å². The summed E-state index contributed by atoms with van der Waals surface area (Å²) in [5, 5.41) is 35.1. The molecule has 0 aliphatic heterocycles. The van der Waals surface area contributed by atoms with Crippen molar-refractivity contribution in [1.82, 2.24) is 0 Å². The minimum absolute atomic E-state index is 0.487. The summed E-state index contributed by atoms with van der Waals surface area (Å²) in [7, 11) is -1.15. The van der Waals surface area contributed by atoms with Crippen LogP contribution in [0.15, 0.2) is 48.5 Å². The third-order valence-electron chi connectivity index (χ3n) is 2.90. The minimum Gasteiger partial charge on any atom is -0.423 e. The van der Waals surface area contributed by atoms with Crippen LogP contribution in [0.3, 0.4) is 0 Å². The second kappa shape index (κ2) is 12.5. The highest BCUT2D eigenvalue weighted by Gasteiger charge is 2.10. The molecule has 2 rings (SSSR count). The first kappa shape index (κ1) is 22.0. The summed E-state index contributed by atoms with van der Waals surface area (Å²) >= 11 is 0. The van der Waals surface area contributed by atoms with Gasteiger partial charge in [0.1, 0.15) is 6.79 Å². The predicted molar refractivity (Wildman–Crippen MR) is 95.1 cm³/mol. The van der Waals surface area contributed by atoms with Gasteiger partial charge in [-0.05, 0) is 23.4 Å². The summed E-state index contributed by atoms with van der Waals surface area (Å²) in [6.45, 7) is 4.40. The SMILES string of the molecule is C=O.COCc1cccc(B(O)O)c1.Cc1cccc(B(O)O)c1. The third kappa shape index (κ3) is 8.61. The number of rotatable bonds is 4. The van der Waals surface area contributed by atoms with Crippen LogP contribution in [-0.2, 0) is 16.1 Å². The summed E-state index contributed by atoms with van der Waals surface area (Å²) in [6, 6.07) is 14.1. The molecule has 0 heterocycles. The molecular formula is C16H22B2O6. The van der Waals surface area contributed by atoms with E-state index in [4.69, 9.17) is 29.6 Å². The van der Waals surface area contributed by atoms with Gasteiger partial charge in [-0.1, -0.05) is 54.1 Å². The van der Waals surface area contributed by atoms with Crippen molar-refractivity contribution in [3.63, 3.8) is 0 Å². The van der Waals surface area contributed by atoms with Crippen LogP contribution < -0.4 is 10.9 Å². The van der Waals surface area contributed by atoms with Crippen LogP contribution in [0.4, 0.5) is 0 Å². The molecule has 0 aromatic heterocycles. The number of carbonyl (C=O) groups is 1. The van der Waals surface area contributed by atoms with Crippen molar-refractivity contribution in [2.45, 2.75) is 13.5 Å². The number of hydrogen-bond acceptors (Lipinski definition) is 6. The zero-order valence-electron chi connectivity index (χ0n) is 13.8. The Morgan fingerprint density at radius 3 is 1.83 bits per heavy atom.